The third-order valence-electron chi connectivity index (χ3n) is 6.66. The number of rotatable bonds is 5. The molecule has 2 aromatic rings. The molecule has 1 atom stereocenters. The second kappa shape index (κ2) is 9.48. The minimum Gasteiger partial charge on any atom is -0.368 e. The van der Waals surface area contributed by atoms with Crippen LogP contribution in [-0.4, -0.2) is 59.9 Å². The fourth-order valence-corrected chi connectivity index (χ4v) is 4.87. The van der Waals surface area contributed by atoms with Gasteiger partial charge in [-0.05, 0) is 63.4 Å². The van der Waals surface area contributed by atoms with Crippen molar-refractivity contribution in [2.45, 2.75) is 51.1 Å². The van der Waals surface area contributed by atoms with E-state index in [0.29, 0.717) is 23.1 Å². The molecule has 32 heavy (non-hydrogen) atoms. The van der Waals surface area contributed by atoms with Crippen molar-refractivity contribution in [3.63, 3.8) is 0 Å². The molecule has 3 heterocycles. The third-order valence-corrected chi connectivity index (χ3v) is 6.88. The molecule has 0 unspecified atom stereocenters. The minimum atomic E-state index is 0.491. The van der Waals surface area contributed by atoms with Crippen LogP contribution < -0.4 is 25.3 Å². The molecule has 0 radical (unpaired) electrons. The maximum Gasteiger partial charge on any atom is 0.232 e. The number of anilines is 4. The maximum atomic E-state index is 5.51. The van der Waals surface area contributed by atoms with Crippen LogP contribution in [0.25, 0.3) is 0 Å². The first-order valence-electron chi connectivity index (χ1n) is 11.9. The largest absolute Gasteiger partial charge is 0.368 e. The molecule has 170 valence electrons. The lowest BCUT2D eigenvalue weighted by Gasteiger charge is -2.38. The van der Waals surface area contributed by atoms with Crippen molar-refractivity contribution in [2.24, 2.45) is 0 Å². The van der Waals surface area contributed by atoms with Gasteiger partial charge in [-0.1, -0.05) is 18.2 Å². The number of hydrogen-bond donors (Lipinski definition) is 2. The summed E-state index contributed by atoms with van der Waals surface area (Å²) in [7, 11) is 0. The van der Waals surface area contributed by atoms with Gasteiger partial charge in [-0.3, -0.25) is 0 Å². The van der Waals surface area contributed by atoms with Crippen molar-refractivity contribution < 1.29 is 0 Å². The first-order valence-corrected chi connectivity index (χ1v) is 12.3. The average Bonchev–Trinajstić information content (AvgIpc) is 3.64. The molecule has 2 saturated heterocycles. The Morgan fingerprint density at radius 2 is 1.62 bits per heavy atom. The quantitative estimate of drug-likeness (QED) is 0.669. The molecule has 8 heteroatoms. The lowest BCUT2D eigenvalue weighted by Crippen LogP contribution is -2.47. The van der Waals surface area contributed by atoms with Crippen molar-refractivity contribution in [1.82, 2.24) is 15.3 Å². The summed E-state index contributed by atoms with van der Waals surface area (Å²) < 4.78 is 0. The summed E-state index contributed by atoms with van der Waals surface area (Å²) in [5.41, 5.74) is 1.29. The topological polar surface area (TPSA) is 59.6 Å². The first kappa shape index (κ1) is 21.2. The number of piperidine rings is 1. The zero-order chi connectivity index (χ0) is 21.9. The molecule has 2 aliphatic heterocycles. The predicted molar refractivity (Wildman–Crippen MR) is 136 cm³/mol. The molecule has 1 saturated carbocycles. The van der Waals surface area contributed by atoms with Crippen LogP contribution in [0.3, 0.4) is 0 Å². The molecular formula is C24H33N7S. The summed E-state index contributed by atoms with van der Waals surface area (Å²) in [6.07, 6.45) is 6.08. The summed E-state index contributed by atoms with van der Waals surface area (Å²) in [5, 5.41) is 7.22. The Kier molecular flexibility index (Phi) is 6.30. The van der Waals surface area contributed by atoms with Gasteiger partial charge in [-0.2, -0.15) is 9.97 Å². The number of hydrogen-bond acceptors (Lipinski definition) is 6. The molecule has 2 N–H and O–H groups in total. The van der Waals surface area contributed by atoms with E-state index >= 15 is 0 Å². The van der Waals surface area contributed by atoms with E-state index in [1.807, 2.05) is 0 Å². The molecule has 1 aliphatic carbocycles. The van der Waals surface area contributed by atoms with Gasteiger partial charge in [0.2, 0.25) is 5.95 Å². The van der Waals surface area contributed by atoms with Gasteiger partial charge in [0, 0.05) is 56.6 Å². The monoisotopic (exact) mass is 451 g/mol. The van der Waals surface area contributed by atoms with E-state index in [0.717, 1.165) is 44.4 Å². The van der Waals surface area contributed by atoms with Crippen molar-refractivity contribution in [2.75, 3.05) is 52.7 Å². The number of benzene rings is 1. The fraction of sp³-hybridized carbons (Fsp3) is 0.542. The number of aromatic nitrogens is 2. The Bertz CT molecular complexity index is 925. The van der Waals surface area contributed by atoms with Crippen LogP contribution in [0, 0.1) is 0 Å². The molecule has 1 aromatic carbocycles. The van der Waals surface area contributed by atoms with Gasteiger partial charge in [0.15, 0.2) is 5.11 Å². The van der Waals surface area contributed by atoms with Gasteiger partial charge in [0.05, 0.1) is 0 Å². The Morgan fingerprint density at radius 1 is 0.906 bits per heavy atom. The second-order valence-electron chi connectivity index (χ2n) is 9.13. The van der Waals surface area contributed by atoms with Crippen molar-refractivity contribution in [3.8, 4) is 0 Å². The van der Waals surface area contributed by atoms with Crippen LogP contribution >= 0.6 is 12.2 Å². The van der Waals surface area contributed by atoms with Crippen LogP contribution in [0.15, 0.2) is 36.4 Å². The van der Waals surface area contributed by atoms with Crippen LogP contribution in [0.2, 0.25) is 0 Å². The van der Waals surface area contributed by atoms with E-state index in [1.165, 1.54) is 37.8 Å². The smallest absolute Gasteiger partial charge is 0.232 e. The van der Waals surface area contributed by atoms with Crippen LogP contribution in [0.5, 0.6) is 0 Å². The summed E-state index contributed by atoms with van der Waals surface area (Å²) in [4.78, 5) is 17.0. The molecule has 5 rings (SSSR count). The predicted octanol–water partition coefficient (Wildman–Crippen LogP) is 3.63. The summed E-state index contributed by atoms with van der Waals surface area (Å²) >= 11 is 5.51. The van der Waals surface area contributed by atoms with Crippen molar-refractivity contribution in [1.29, 1.82) is 0 Å². The number of para-hydroxylation sites is 1. The number of nitrogens with one attached hydrogen (secondary N) is 2. The second-order valence-corrected chi connectivity index (χ2v) is 9.54. The van der Waals surface area contributed by atoms with Gasteiger partial charge in [0.1, 0.15) is 11.6 Å². The Balaban J connectivity index is 1.34. The Morgan fingerprint density at radius 3 is 2.34 bits per heavy atom. The Labute approximate surface area is 196 Å². The van der Waals surface area contributed by atoms with Gasteiger partial charge in [-0.25, -0.2) is 0 Å². The molecule has 7 nitrogen and oxygen atoms in total. The average molecular weight is 452 g/mol. The number of nitrogens with zero attached hydrogens (tertiary/aromatic N) is 5. The van der Waals surface area contributed by atoms with Crippen LogP contribution in [0.4, 0.5) is 23.3 Å². The number of piperazine rings is 1. The fourth-order valence-electron chi connectivity index (χ4n) is 4.61. The molecule has 0 bridgehead atoms. The molecule has 0 amide bonds. The van der Waals surface area contributed by atoms with Crippen LogP contribution in [0.1, 0.15) is 39.0 Å². The standard InChI is InChI=1S/C24H33N7S/c1-18-7-5-6-12-31(18)22-17-21(26-23(27-22)28-24(32)25-19-10-11-19)30-15-13-29(14-16-30)20-8-3-2-4-9-20/h2-4,8-9,17-19H,5-7,10-16H2,1H3,(H2,25,26,27,28,32)/t18-/m0/s1. The summed E-state index contributed by atoms with van der Waals surface area (Å²) in [6, 6.07) is 13.8. The minimum absolute atomic E-state index is 0.491. The zero-order valence-electron chi connectivity index (χ0n) is 18.8. The van der Waals surface area contributed by atoms with Crippen molar-refractivity contribution in [3.05, 3.63) is 36.4 Å². The highest BCUT2D eigenvalue weighted by molar-refractivity contribution is 7.80. The lowest BCUT2D eigenvalue weighted by molar-refractivity contribution is 0.481. The highest BCUT2D eigenvalue weighted by Crippen LogP contribution is 2.28. The highest BCUT2D eigenvalue weighted by atomic mass is 32.1. The summed E-state index contributed by atoms with van der Waals surface area (Å²) in [5.74, 6) is 2.58. The Hall–Kier alpha value is -2.61. The SMILES string of the molecule is C[C@H]1CCCCN1c1cc(N2CCN(c3ccccc3)CC2)nc(NC(=S)NC2CC2)n1. The molecular weight excluding hydrogens is 418 g/mol. The molecule has 0 spiro atoms. The normalized spacial score (nSPS) is 21.4. The third kappa shape index (κ3) is 5.06. The van der Waals surface area contributed by atoms with E-state index in [2.05, 4.69) is 68.7 Å². The highest BCUT2D eigenvalue weighted by Gasteiger charge is 2.25. The zero-order valence-corrected chi connectivity index (χ0v) is 19.7. The van der Waals surface area contributed by atoms with E-state index in [-0.39, 0.29) is 0 Å². The van der Waals surface area contributed by atoms with E-state index in [4.69, 9.17) is 22.2 Å². The molecule has 3 aliphatic rings. The first-order chi connectivity index (χ1) is 15.7. The van der Waals surface area contributed by atoms with Gasteiger partial charge in [0.25, 0.3) is 0 Å². The van der Waals surface area contributed by atoms with Gasteiger partial charge < -0.3 is 25.3 Å². The van der Waals surface area contributed by atoms with E-state index < -0.39 is 0 Å². The van der Waals surface area contributed by atoms with Gasteiger partial charge in [-0.15, -0.1) is 0 Å². The summed E-state index contributed by atoms with van der Waals surface area (Å²) in [6.45, 7) is 7.17. The molecule has 3 fully saturated rings. The number of thiocarbonyl (C=S) groups is 1. The maximum absolute atomic E-state index is 5.51. The van der Waals surface area contributed by atoms with E-state index in [9.17, 15) is 0 Å². The lowest BCUT2D eigenvalue weighted by atomic mass is 10.0. The van der Waals surface area contributed by atoms with Crippen molar-refractivity contribution >= 4 is 40.6 Å². The van der Waals surface area contributed by atoms with Gasteiger partial charge >= 0.3 is 0 Å². The van der Waals surface area contributed by atoms with E-state index in [1.54, 1.807) is 0 Å². The van der Waals surface area contributed by atoms with Crippen LogP contribution in [-0.2, 0) is 0 Å². The molecule has 1 aromatic heterocycles.